The van der Waals surface area contributed by atoms with E-state index in [0.29, 0.717) is 5.56 Å². The van der Waals surface area contributed by atoms with E-state index in [1.807, 2.05) is 32.0 Å². The number of para-hydroxylation sites is 1. The minimum Gasteiger partial charge on any atom is -0.493 e. The monoisotopic (exact) mass is 376 g/mol. The zero-order valence-electron chi connectivity index (χ0n) is 15.4. The van der Waals surface area contributed by atoms with Gasteiger partial charge in [0.2, 0.25) is 0 Å². The Morgan fingerprint density at radius 2 is 1.93 bits per heavy atom. The number of amides is 1. The van der Waals surface area contributed by atoms with Gasteiger partial charge in [-0.2, -0.15) is 8.78 Å². The van der Waals surface area contributed by atoms with Crippen LogP contribution in [-0.4, -0.2) is 30.6 Å². The molecule has 0 saturated heterocycles. The van der Waals surface area contributed by atoms with Crippen molar-refractivity contribution in [2.24, 2.45) is 0 Å². The van der Waals surface area contributed by atoms with E-state index >= 15 is 0 Å². The smallest absolute Gasteiger partial charge is 0.387 e. The van der Waals surface area contributed by atoms with Crippen molar-refractivity contribution in [2.75, 3.05) is 12.4 Å². The summed E-state index contributed by atoms with van der Waals surface area (Å²) in [5, 5.41) is 3.38. The van der Waals surface area contributed by atoms with Gasteiger partial charge in [-0.1, -0.05) is 25.1 Å². The minimum absolute atomic E-state index is 0.0219. The number of nitrogens with one attached hydrogen (secondary N) is 1. The molecule has 1 aliphatic rings. The number of ether oxygens (including phenoxy) is 2. The third-order valence-electron chi connectivity index (χ3n) is 4.75. The van der Waals surface area contributed by atoms with Gasteiger partial charge in [-0.3, -0.25) is 4.79 Å². The van der Waals surface area contributed by atoms with Crippen LogP contribution in [-0.2, 0) is 0 Å². The quantitative estimate of drug-likeness (QED) is 0.797. The maximum Gasteiger partial charge on any atom is 0.387 e. The number of carbonyl (C=O) groups is 1. The van der Waals surface area contributed by atoms with E-state index in [2.05, 4.69) is 10.1 Å². The van der Waals surface area contributed by atoms with Crippen LogP contribution in [0.5, 0.6) is 11.5 Å². The van der Waals surface area contributed by atoms with Gasteiger partial charge in [0, 0.05) is 11.7 Å². The van der Waals surface area contributed by atoms with Gasteiger partial charge in [0.15, 0.2) is 11.5 Å². The molecule has 0 aliphatic carbocycles. The summed E-state index contributed by atoms with van der Waals surface area (Å²) in [6.45, 7) is 1.05. The summed E-state index contributed by atoms with van der Waals surface area (Å²) in [6, 6.07) is 12.0. The zero-order valence-corrected chi connectivity index (χ0v) is 15.4. The van der Waals surface area contributed by atoms with Crippen LogP contribution >= 0.6 is 0 Å². The van der Waals surface area contributed by atoms with Gasteiger partial charge in [-0.05, 0) is 43.2 Å². The Kier molecular flexibility index (Phi) is 5.48. The van der Waals surface area contributed by atoms with Crippen molar-refractivity contribution in [3.8, 4) is 11.5 Å². The van der Waals surface area contributed by atoms with Crippen molar-refractivity contribution in [3.63, 3.8) is 0 Å². The number of nitrogens with zero attached hydrogens (tertiary/aromatic N) is 1. The molecule has 1 heterocycles. The second-order valence-electron chi connectivity index (χ2n) is 6.35. The molecule has 2 aromatic carbocycles. The fourth-order valence-electron chi connectivity index (χ4n) is 3.21. The van der Waals surface area contributed by atoms with Crippen LogP contribution in [0.15, 0.2) is 42.5 Å². The lowest BCUT2D eigenvalue weighted by Gasteiger charge is -2.41. The highest BCUT2D eigenvalue weighted by Crippen LogP contribution is 2.38. The van der Waals surface area contributed by atoms with Crippen LogP contribution in [0.25, 0.3) is 0 Å². The van der Waals surface area contributed by atoms with Gasteiger partial charge in [0.05, 0.1) is 12.7 Å². The summed E-state index contributed by atoms with van der Waals surface area (Å²) < 4.78 is 34.9. The van der Waals surface area contributed by atoms with E-state index in [-0.39, 0.29) is 23.4 Å². The van der Waals surface area contributed by atoms with Crippen molar-refractivity contribution >= 4 is 11.6 Å². The number of hydrogen-bond acceptors (Lipinski definition) is 4. The maximum absolute atomic E-state index is 13.1. The van der Waals surface area contributed by atoms with Gasteiger partial charge in [-0.15, -0.1) is 0 Å². The van der Waals surface area contributed by atoms with Crippen molar-refractivity contribution in [1.29, 1.82) is 0 Å². The number of halogens is 2. The number of carbonyl (C=O) groups excluding carboxylic acids is 1. The lowest BCUT2D eigenvalue weighted by molar-refractivity contribution is -0.0512. The molecule has 0 bridgehead atoms. The van der Waals surface area contributed by atoms with Gasteiger partial charge in [0.1, 0.15) is 6.17 Å². The van der Waals surface area contributed by atoms with Crippen LogP contribution < -0.4 is 14.8 Å². The first-order chi connectivity index (χ1) is 13.0. The summed E-state index contributed by atoms with van der Waals surface area (Å²) in [5.74, 6) is 0.0643. The average Bonchev–Trinajstić information content (AvgIpc) is 2.67. The topological polar surface area (TPSA) is 50.8 Å². The van der Waals surface area contributed by atoms with E-state index in [9.17, 15) is 13.6 Å². The Balaban J connectivity index is 2.04. The fourth-order valence-corrected chi connectivity index (χ4v) is 3.21. The Bertz CT molecular complexity index is 829. The molecular weight excluding hydrogens is 354 g/mol. The second-order valence-corrected chi connectivity index (χ2v) is 6.35. The van der Waals surface area contributed by atoms with Crippen molar-refractivity contribution < 1.29 is 23.0 Å². The lowest BCUT2D eigenvalue weighted by Crippen LogP contribution is -2.47. The molecular formula is C20H22F2N2O3. The summed E-state index contributed by atoms with van der Waals surface area (Å²) >= 11 is 0. The highest BCUT2D eigenvalue weighted by atomic mass is 19.3. The van der Waals surface area contributed by atoms with Crippen LogP contribution in [0, 0.1) is 0 Å². The molecule has 7 heteroatoms. The largest absolute Gasteiger partial charge is 0.493 e. The summed E-state index contributed by atoms with van der Waals surface area (Å²) in [7, 11) is 1.39. The number of fused-ring (bicyclic) bond motifs is 1. The molecule has 0 spiro atoms. The number of benzene rings is 2. The maximum atomic E-state index is 13.1. The normalized spacial score (nSPS) is 17.3. The van der Waals surface area contributed by atoms with Crippen molar-refractivity contribution in [2.45, 2.75) is 39.1 Å². The zero-order chi connectivity index (χ0) is 19.6. The lowest BCUT2D eigenvalue weighted by atomic mass is 10.0. The SMILES string of the molecule is CC[C@H](C)N1C(=O)c2ccccc2N[C@@H]1c1ccc(OC(F)F)c(OC)c1. The molecule has 0 aromatic heterocycles. The first kappa shape index (κ1) is 18.9. The molecule has 0 saturated carbocycles. The molecule has 27 heavy (non-hydrogen) atoms. The number of hydrogen-bond donors (Lipinski definition) is 1. The molecule has 0 unspecified atom stereocenters. The molecule has 3 rings (SSSR count). The molecule has 144 valence electrons. The highest BCUT2D eigenvalue weighted by Gasteiger charge is 2.35. The highest BCUT2D eigenvalue weighted by molar-refractivity contribution is 6.01. The summed E-state index contributed by atoms with van der Waals surface area (Å²) in [4.78, 5) is 14.9. The molecule has 0 radical (unpaired) electrons. The van der Waals surface area contributed by atoms with E-state index in [0.717, 1.165) is 17.7 Å². The van der Waals surface area contributed by atoms with E-state index < -0.39 is 12.8 Å². The molecule has 5 nitrogen and oxygen atoms in total. The Labute approximate surface area is 156 Å². The Morgan fingerprint density at radius 1 is 1.19 bits per heavy atom. The summed E-state index contributed by atoms with van der Waals surface area (Å²) in [6.07, 6.45) is 0.326. The predicted octanol–water partition coefficient (Wildman–Crippen LogP) is 4.66. The fraction of sp³-hybridized carbons (Fsp3) is 0.350. The molecule has 1 aliphatic heterocycles. The van der Waals surface area contributed by atoms with Gasteiger partial charge >= 0.3 is 6.61 Å². The minimum atomic E-state index is -2.94. The van der Waals surface area contributed by atoms with Gasteiger partial charge < -0.3 is 19.7 Å². The Hall–Kier alpha value is -2.83. The Morgan fingerprint density at radius 3 is 2.59 bits per heavy atom. The molecule has 2 aromatic rings. The first-order valence-electron chi connectivity index (χ1n) is 8.77. The third-order valence-corrected chi connectivity index (χ3v) is 4.75. The second kappa shape index (κ2) is 7.82. The van der Waals surface area contributed by atoms with Crippen molar-refractivity contribution in [1.82, 2.24) is 4.90 Å². The number of anilines is 1. The van der Waals surface area contributed by atoms with Crippen LogP contribution in [0.1, 0.15) is 42.4 Å². The number of rotatable bonds is 6. The molecule has 1 amide bonds. The van der Waals surface area contributed by atoms with E-state index in [1.165, 1.54) is 13.2 Å². The number of methoxy groups -OCH3 is 1. The molecule has 1 N–H and O–H groups in total. The van der Waals surface area contributed by atoms with Gasteiger partial charge in [-0.25, -0.2) is 0 Å². The first-order valence-corrected chi connectivity index (χ1v) is 8.77. The molecule has 0 fully saturated rings. The van der Waals surface area contributed by atoms with Crippen LogP contribution in [0.2, 0.25) is 0 Å². The number of alkyl halides is 2. The third kappa shape index (κ3) is 3.67. The van der Waals surface area contributed by atoms with E-state index in [1.54, 1.807) is 23.1 Å². The molecule has 2 atom stereocenters. The van der Waals surface area contributed by atoms with Crippen molar-refractivity contribution in [3.05, 3.63) is 53.6 Å². The van der Waals surface area contributed by atoms with Crippen LogP contribution in [0.4, 0.5) is 14.5 Å². The average molecular weight is 376 g/mol. The van der Waals surface area contributed by atoms with Crippen LogP contribution in [0.3, 0.4) is 0 Å². The summed E-state index contributed by atoms with van der Waals surface area (Å²) in [5.41, 5.74) is 2.06. The predicted molar refractivity (Wildman–Crippen MR) is 98.4 cm³/mol. The standard InChI is InChI=1S/C20H22F2N2O3/c1-4-12(2)24-18(23-15-8-6-5-7-14(15)19(24)25)13-9-10-16(27-20(21)22)17(11-13)26-3/h5-12,18,20,23H,4H2,1-3H3/t12-,18-/m0/s1. The van der Waals surface area contributed by atoms with Gasteiger partial charge in [0.25, 0.3) is 5.91 Å². The van der Waals surface area contributed by atoms with E-state index in [4.69, 9.17) is 4.74 Å².